The zero-order valence-corrected chi connectivity index (χ0v) is 15.1. The lowest BCUT2D eigenvalue weighted by molar-refractivity contribution is -0.0934. The molecule has 3 atom stereocenters. The van der Waals surface area contributed by atoms with Crippen molar-refractivity contribution in [2.24, 2.45) is 17.8 Å². The molecule has 1 aliphatic carbocycles. The Bertz CT molecular complexity index is 475. The van der Waals surface area contributed by atoms with Crippen LogP contribution in [0.25, 0.3) is 0 Å². The first kappa shape index (κ1) is 17.0. The van der Waals surface area contributed by atoms with Gasteiger partial charge >= 0.3 is 0 Å². The standard InChI is InChI=1S/C16H27BrN2O2/c1-11(2)13-6-5-12(3)9-16(13,20)15-14(17)10-18-19(15)7-8-21-4/h10-13,20H,5-9H2,1-4H3. The summed E-state index contributed by atoms with van der Waals surface area (Å²) in [4.78, 5) is 0. The second-order valence-corrected chi connectivity index (χ2v) is 7.57. The number of hydrogen-bond acceptors (Lipinski definition) is 3. The van der Waals surface area contributed by atoms with Gasteiger partial charge in [-0.2, -0.15) is 5.10 Å². The van der Waals surface area contributed by atoms with E-state index >= 15 is 0 Å². The summed E-state index contributed by atoms with van der Waals surface area (Å²) in [7, 11) is 1.69. The number of rotatable bonds is 5. The van der Waals surface area contributed by atoms with Gasteiger partial charge in [-0.1, -0.05) is 27.2 Å². The minimum atomic E-state index is -0.811. The quantitative estimate of drug-likeness (QED) is 0.874. The minimum Gasteiger partial charge on any atom is -0.383 e. The molecule has 1 aromatic rings. The number of methoxy groups -OCH3 is 1. The summed E-state index contributed by atoms with van der Waals surface area (Å²) in [6, 6.07) is 0. The molecule has 1 aromatic heterocycles. The lowest BCUT2D eigenvalue weighted by atomic mass is 9.65. The highest BCUT2D eigenvalue weighted by atomic mass is 79.9. The Hall–Kier alpha value is -0.390. The molecule has 0 aromatic carbocycles. The van der Waals surface area contributed by atoms with Crippen LogP contribution >= 0.6 is 15.9 Å². The van der Waals surface area contributed by atoms with Crippen LogP contribution in [0.5, 0.6) is 0 Å². The molecule has 0 saturated heterocycles. The first-order chi connectivity index (χ1) is 9.90. The molecule has 5 heteroatoms. The number of hydrogen-bond donors (Lipinski definition) is 1. The van der Waals surface area contributed by atoms with E-state index in [9.17, 15) is 5.11 Å². The van der Waals surface area contributed by atoms with E-state index in [4.69, 9.17) is 4.74 Å². The average Bonchev–Trinajstić information content (AvgIpc) is 2.77. The summed E-state index contributed by atoms with van der Waals surface area (Å²) >= 11 is 3.59. The largest absolute Gasteiger partial charge is 0.383 e. The lowest BCUT2D eigenvalue weighted by Gasteiger charge is -2.45. The molecule has 0 aliphatic heterocycles. The first-order valence-corrected chi connectivity index (χ1v) is 8.62. The van der Waals surface area contributed by atoms with E-state index < -0.39 is 5.60 Å². The number of aliphatic hydroxyl groups is 1. The molecule has 1 heterocycles. The molecule has 1 aliphatic rings. The van der Waals surface area contributed by atoms with Crippen LogP contribution in [0.2, 0.25) is 0 Å². The summed E-state index contributed by atoms with van der Waals surface area (Å²) in [6.45, 7) is 7.90. The predicted molar refractivity (Wildman–Crippen MR) is 87.0 cm³/mol. The van der Waals surface area contributed by atoms with Crippen molar-refractivity contribution in [3.63, 3.8) is 0 Å². The molecule has 4 nitrogen and oxygen atoms in total. The van der Waals surface area contributed by atoms with Gasteiger partial charge in [0.25, 0.3) is 0 Å². The molecule has 3 unspecified atom stereocenters. The van der Waals surface area contributed by atoms with Crippen LogP contribution in [0.3, 0.4) is 0 Å². The van der Waals surface area contributed by atoms with E-state index in [2.05, 4.69) is 41.8 Å². The van der Waals surface area contributed by atoms with E-state index in [1.165, 1.54) is 6.42 Å². The van der Waals surface area contributed by atoms with Crippen LogP contribution in [0.4, 0.5) is 0 Å². The van der Waals surface area contributed by atoms with Crippen molar-refractivity contribution in [1.29, 1.82) is 0 Å². The second-order valence-electron chi connectivity index (χ2n) is 6.72. The Morgan fingerprint density at radius 2 is 2.24 bits per heavy atom. The Morgan fingerprint density at radius 1 is 1.52 bits per heavy atom. The summed E-state index contributed by atoms with van der Waals surface area (Å²) in [5.74, 6) is 1.24. The zero-order valence-electron chi connectivity index (χ0n) is 13.5. The topological polar surface area (TPSA) is 47.3 Å². The Kier molecular flexibility index (Phi) is 5.49. The van der Waals surface area contributed by atoms with Gasteiger partial charge in [0.2, 0.25) is 0 Å². The third-order valence-electron chi connectivity index (χ3n) is 4.76. The summed E-state index contributed by atoms with van der Waals surface area (Å²) in [5, 5.41) is 16.0. The van der Waals surface area contributed by atoms with Crippen LogP contribution in [-0.2, 0) is 16.9 Å². The van der Waals surface area contributed by atoms with Gasteiger partial charge in [0, 0.05) is 7.11 Å². The van der Waals surface area contributed by atoms with Crippen molar-refractivity contribution < 1.29 is 9.84 Å². The molecular weight excluding hydrogens is 332 g/mol. The average molecular weight is 359 g/mol. The summed E-state index contributed by atoms with van der Waals surface area (Å²) < 4.78 is 7.98. The van der Waals surface area contributed by atoms with Crippen molar-refractivity contribution in [3.05, 3.63) is 16.4 Å². The van der Waals surface area contributed by atoms with Gasteiger partial charge in [-0.3, -0.25) is 4.68 Å². The molecule has 0 bridgehead atoms. The second kappa shape index (κ2) is 6.80. The van der Waals surface area contributed by atoms with Crippen molar-refractivity contribution in [2.75, 3.05) is 13.7 Å². The number of ether oxygens (including phenoxy) is 1. The Balaban J connectivity index is 2.42. The number of nitrogens with zero attached hydrogens (tertiary/aromatic N) is 2. The van der Waals surface area contributed by atoms with E-state index in [1.54, 1.807) is 13.3 Å². The van der Waals surface area contributed by atoms with Gasteiger partial charge < -0.3 is 9.84 Å². The molecule has 2 rings (SSSR count). The third-order valence-corrected chi connectivity index (χ3v) is 5.34. The predicted octanol–water partition coefficient (Wildman–Crippen LogP) is 3.57. The van der Waals surface area contributed by atoms with Gasteiger partial charge in [-0.15, -0.1) is 0 Å². The van der Waals surface area contributed by atoms with Gasteiger partial charge in [0.1, 0.15) is 5.60 Å². The molecule has 0 spiro atoms. The van der Waals surface area contributed by atoms with E-state index in [-0.39, 0.29) is 5.92 Å². The van der Waals surface area contributed by atoms with Gasteiger partial charge in [0.05, 0.1) is 29.5 Å². The van der Waals surface area contributed by atoms with Crippen molar-refractivity contribution in [3.8, 4) is 0 Å². The molecule has 1 fully saturated rings. The van der Waals surface area contributed by atoms with Crippen molar-refractivity contribution >= 4 is 15.9 Å². The van der Waals surface area contributed by atoms with Crippen molar-refractivity contribution in [1.82, 2.24) is 9.78 Å². The molecule has 1 N–H and O–H groups in total. The number of aromatic nitrogens is 2. The highest BCUT2D eigenvalue weighted by Gasteiger charge is 2.47. The van der Waals surface area contributed by atoms with Gasteiger partial charge in [-0.05, 0) is 46.5 Å². The van der Waals surface area contributed by atoms with Crippen LogP contribution in [-0.4, -0.2) is 28.6 Å². The number of halogens is 1. The van der Waals surface area contributed by atoms with Crippen LogP contribution in [0, 0.1) is 17.8 Å². The van der Waals surface area contributed by atoms with E-state index in [0.29, 0.717) is 25.0 Å². The zero-order chi connectivity index (χ0) is 15.6. The fourth-order valence-electron chi connectivity index (χ4n) is 3.78. The van der Waals surface area contributed by atoms with Crippen LogP contribution in [0.15, 0.2) is 10.7 Å². The highest BCUT2D eigenvalue weighted by molar-refractivity contribution is 9.10. The minimum absolute atomic E-state index is 0.267. The molecule has 0 amide bonds. The highest BCUT2D eigenvalue weighted by Crippen LogP contribution is 2.48. The molecule has 120 valence electrons. The smallest absolute Gasteiger partial charge is 0.111 e. The first-order valence-electron chi connectivity index (χ1n) is 7.83. The Morgan fingerprint density at radius 3 is 2.86 bits per heavy atom. The third kappa shape index (κ3) is 3.35. The summed E-state index contributed by atoms with van der Waals surface area (Å²) in [5.41, 5.74) is 0.111. The molecule has 21 heavy (non-hydrogen) atoms. The normalized spacial score (nSPS) is 30.0. The van der Waals surface area contributed by atoms with Crippen LogP contribution in [0.1, 0.15) is 45.7 Å². The molecule has 1 saturated carbocycles. The van der Waals surface area contributed by atoms with Gasteiger partial charge in [-0.25, -0.2) is 0 Å². The molecule has 0 radical (unpaired) electrons. The van der Waals surface area contributed by atoms with E-state index in [0.717, 1.165) is 23.0 Å². The van der Waals surface area contributed by atoms with E-state index in [1.807, 2.05) is 4.68 Å². The monoisotopic (exact) mass is 358 g/mol. The van der Waals surface area contributed by atoms with Crippen LogP contribution < -0.4 is 0 Å². The fourth-order valence-corrected chi connectivity index (χ4v) is 4.42. The molecular formula is C16H27BrN2O2. The SMILES string of the molecule is COCCn1ncc(Br)c1C1(O)CC(C)CCC1C(C)C. The maximum Gasteiger partial charge on any atom is 0.111 e. The maximum absolute atomic E-state index is 11.6. The maximum atomic E-state index is 11.6. The van der Waals surface area contributed by atoms with Gasteiger partial charge in [0.15, 0.2) is 0 Å². The van der Waals surface area contributed by atoms with Crippen molar-refractivity contribution in [2.45, 2.75) is 52.2 Å². The summed E-state index contributed by atoms with van der Waals surface area (Å²) in [6.07, 6.45) is 4.85. The Labute approximate surface area is 136 Å². The lowest BCUT2D eigenvalue weighted by Crippen LogP contribution is -2.45. The fraction of sp³-hybridized carbons (Fsp3) is 0.812.